The third-order valence-electron chi connectivity index (χ3n) is 4.30. The fourth-order valence-electron chi connectivity index (χ4n) is 2.82. The Balaban J connectivity index is 1.82. The SMILES string of the molecule is CCC(N)C(c1cc(Br)cs1)N(CC1CC1)C1CC1. The lowest BCUT2D eigenvalue weighted by atomic mass is 10.0. The van der Waals surface area contributed by atoms with Crippen molar-refractivity contribution in [2.75, 3.05) is 6.54 Å². The minimum Gasteiger partial charge on any atom is -0.326 e. The summed E-state index contributed by atoms with van der Waals surface area (Å²) in [6.45, 7) is 3.47. The van der Waals surface area contributed by atoms with Crippen molar-refractivity contribution in [1.29, 1.82) is 0 Å². The van der Waals surface area contributed by atoms with Crippen LogP contribution in [-0.2, 0) is 0 Å². The quantitative estimate of drug-likeness (QED) is 0.805. The summed E-state index contributed by atoms with van der Waals surface area (Å²) in [4.78, 5) is 4.16. The smallest absolute Gasteiger partial charge is 0.0596 e. The molecule has 2 N–H and O–H groups in total. The van der Waals surface area contributed by atoms with Crippen LogP contribution in [0.1, 0.15) is 49.9 Å². The second-order valence-electron chi connectivity index (χ2n) is 6.06. The highest BCUT2D eigenvalue weighted by atomic mass is 79.9. The van der Waals surface area contributed by atoms with Crippen LogP contribution in [0.4, 0.5) is 0 Å². The fourth-order valence-corrected chi connectivity index (χ4v) is 4.46. The van der Waals surface area contributed by atoms with Crippen LogP contribution in [0, 0.1) is 5.92 Å². The van der Waals surface area contributed by atoms with Crippen LogP contribution in [0.3, 0.4) is 0 Å². The number of halogens is 1. The van der Waals surface area contributed by atoms with Gasteiger partial charge in [-0.25, -0.2) is 0 Å². The van der Waals surface area contributed by atoms with E-state index in [9.17, 15) is 0 Å². The summed E-state index contributed by atoms with van der Waals surface area (Å²) in [6, 6.07) is 3.75. The Morgan fingerprint density at radius 1 is 1.42 bits per heavy atom. The van der Waals surface area contributed by atoms with E-state index in [0.29, 0.717) is 6.04 Å². The fraction of sp³-hybridized carbons (Fsp3) is 0.733. The summed E-state index contributed by atoms with van der Waals surface area (Å²) >= 11 is 5.44. The highest BCUT2D eigenvalue weighted by Crippen LogP contribution is 2.42. The van der Waals surface area contributed by atoms with Gasteiger partial charge in [-0.15, -0.1) is 11.3 Å². The molecule has 0 aromatic carbocycles. The normalized spacial score (nSPS) is 22.7. The van der Waals surface area contributed by atoms with Gasteiger partial charge in [0.1, 0.15) is 0 Å². The van der Waals surface area contributed by atoms with E-state index in [4.69, 9.17) is 5.73 Å². The maximum Gasteiger partial charge on any atom is 0.0596 e. The first-order chi connectivity index (χ1) is 9.19. The van der Waals surface area contributed by atoms with Gasteiger partial charge in [-0.2, -0.15) is 0 Å². The molecule has 2 unspecified atom stereocenters. The Hall–Kier alpha value is 0.1000. The van der Waals surface area contributed by atoms with Crippen molar-refractivity contribution in [2.24, 2.45) is 11.7 Å². The van der Waals surface area contributed by atoms with E-state index >= 15 is 0 Å². The van der Waals surface area contributed by atoms with Crippen LogP contribution in [0.2, 0.25) is 0 Å². The molecule has 0 radical (unpaired) electrons. The van der Waals surface area contributed by atoms with Crippen LogP contribution in [-0.4, -0.2) is 23.5 Å². The number of nitrogens with two attached hydrogens (primary N) is 1. The Morgan fingerprint density at radius 2 is 2.16 bits per heavy atom. The Labute approximate surface area is 128 Å². The van der Waals surface area contributed by atoms with E-state index in [-0.39, 0.29) is 6.04 Å². The van der Waals surface area contributed by atoms with Crippen LogP contribution in [0.5, 0.6) is 0 Å². The molecule has 0 bridgehead atoms. The molecule has 1 aromatic rings. The first-order valence-corrected chi connectivity index (χ1v) is 9.11. The van der Waals surface area contributed by atoms with E-state index in [0.717, 1.165) is 18.4 Å². The van der Waals surface area contributed by atoms with Crippen molar-refractivity contribution in [1.82, 2.24) is 4.90 Å². The number of hydrogen-bond acceptors (Lipinski definition) is 3. The first kappa shape index (κ1) is 14.1. The summed E-state index contributed by atoms with van der Waals surface area (Å²) < 4.78 is 1.20. The first-order valence-electron chi connectivity index (χ1n) is 7.44. The number of hydrogen-bond donors (Lipinski definition) is 1. The predicted molar refractivity (Wildman–Crippen MR) is 85.5 cm³/mol. The van der Waals surface area contributed by atoms with Gasteiger partial charge in [0.15, 0.2) is 0 Å². The van der Waals surface area contributed by atoms with Gasteiger partial charge in [0, 0.05) is 33.4 Å². The zero-order valence-electron chi connectivity index (χ0n) is 11.5. The molecule has 4 heteroatoms. The van der Waals surface area contributed by atoms with E-state index in [1.165, 1.54) is 41.6 Å². The summed E-state index contributed by atoms with van der Waals surface area (Å²) in [5.74, 6) is 0.940. The molecule has 2 aliphatic carbocycles. The average molecular weight is 343 g/mol. The van der Waals surface area contributed by atoms with Gasteiger partial charge in [-0.3, -0.25) is 4.90 Å². The van der Waals surface area contributed by atoms with Gasteiger partial charge in [-0.1, -0.05) is 6.92 Å². The third kappa shape index (κ3) is 3.41. The van der Waals surface area contributed by atoms with Crippen molar-refractivity contribution >= 4 is 27.3 Å². The lowest BCUT2D eigenvalue weighted by molar-refractivity contribution is 0.155. The van der Waals surface area contributed by atoms with Crippen molar-refractivity contribution in [3.05, 3.63) is 20.8 Å². The molecule has 1 aromatic heterocycles. The largest absolute Gasteiger partial charge is 0.326 e. The Morgan fingerprint density at radius 3 is 2.63 bits per heavy atom. The molecule has 2 saturated carbocycles. The summed E-state index contributed by atoms with van der Waals surface area (Å²) in [5, 5.41) is 2.19. The molecule has 2 fully saturated rings. The number of rotatable bonds is 7. The van der Waals surface area contributed by atoms with Crippen LogP contribution in [0.25, 0.3) is 0 Å². The van der Waals surface area contributed by atoms with E-state index in [1.807, 2.05) is 11.3 Å². The Kier molecular flexibility index (Phi) is 4.32. The van der Waals surface area contributed by atoms with Crippen molar-refractivity contribution in [3.8, 4) is 0 Å². The van der Waals surface area contributed by atoms with Gasteiger partial charge >= 0.3 is 0 Å². The molecule has 0 amide bonds. The highest BCUT2D eigenvalue weighted by molar-refractivity contribution is 9.10. The predicted octanol–water partition coefficient (Wildman–Crippen LogP) is 4.16. The highest BCUT2D eigenvalue weighted by Gasteiger charge is 2.40. The van der Waals surface area contributed by atoms with Crippen LogP contribution in [0.15, 0.2) is 15.9 Å². The second kappa shape index (κ2) is 5.84. The zero-order valence-corrected chi connectivity index (χ0v) is 13.9. The molecular weight excluding hydrogens is 320 g/mol. The number of nitrogens with zero attached hydrogens (tertiary/aromatic N) is 1. The van der Waals surface area contributed by atoms with Crippen molar-refractivity contribution in [2.45, 2.75) is 57.2 Å². The molecule has 1 heterocycles. The van der Waals surface area contributed by atoms with Gasteiger partial charge in [0.05, 0.1) is 6.04 Å². The minimum absolute atomic E-state index is 0.255. The lowest BCUT2D eigenvalue weighted by Gasteiger charge is -2.35. The summed E-state index contributed by atoms with van der Waals surface area (Å²) in [6.07, 6.45) is 6.63. The van der Waals surface area contributed by atoms with Gasteiger partial charge in [0.25, 0.3) is 0 Å². The standard InChI is InChI=1S/C15H23BrN2S/c1-2-13(17)15(14-7-11(16)9-19-14)18(12-5-6-12)8-10-3-4-10/h7,9-10,12-13,15H,2-6,8,17H2,1H3. The van der Waals surface area contributed by atoms with Gasteiger partial charge in [-0.05, 0) is 60.0 Å². The monoisotopic (exact) mass is 342 g/mol. The molecular formula is C15H23BrN2S. The molecule has 106 valence electrons. The molecule has 0 saturated heterocycles. The van der Waals surface area contributed by atoms with E-state index in [2.05, 4.69) is 39.2 Å². The Bertz CT molecular complexity index is 426. The average Bonchev–Trinajstić information content (AvgIpc) is 3.29. The zero-order chi connectivity index (χ0) is 13.4. The summed E-state index contributed by atoms with van der Waals surface area (Å²) in [7, 11) is 0. The van der Waals surface area contributed by atoms with E-state index in [1.54, 1.807) is 0 Å². The maximum absolute atomic E-state index is 6.47. The minimum atomic E-state index is 0.255. The van der Waals surface area contributed by atoms with Gasteiger partial charge < -0.3 is 5.73 Å². The molecule has 2 aliphatic rings. The number of thiophene rings is 1. The van der Waals surface area contributed by atoms with E-state index < -0.39 is 0 Å². The van der Waals surface area contributed by atoms with Gasteiger partial charge in [0.2, 0.25) is 0 Å². The molecule has 19 heavy (non-hydrogen) atoms. The van der Waals surface area contributed by atoms with Crippen LogP contribution < -0.4 is 5.73 Å². The topological polar surface area (TPSA) is 29.3 Å². The molecule has 2 atom stereocenters. The summed E-state index contributed by atoms with van der Waals surface area (Å²) in [5.41, 5.74) is 6.47. The molecule has 0 aliphatic heterocycles. The maximum atomic E-state index is 6.47. The van der Waals surface area contributed by atoms with Crippen molar-refractivity contribution < 1.29 is 0 Å². The molecule has 0 spiro atoms. The third-order valence-corrected chi connectivity index (χ3v) is 6.06. The molecule has 3 rings (SSSR count). The molecule has 2 nitrogen and oxygen atoms in total. The second-order valence-corrected chi connectivity index (χ2v) is 7.91. The van der Waals surface area contributed by atoms with Crippen molar-refractivity contribution in [3.63, 3.8) is 0 Å². The lowest BCUT2D eigenvalue weighted by Crippen LogP contribution is -2.42. The van der Waals surface area contributed by atoms with Crippen LogP contribution >= 0.6 is 27.3 Å².